The maximum absolute atomic E-state index is 14.1. The smallest absolute Gasteiger partial charge is 0.406 e. The Morgan fingerprint density at radius 2 is 1.79 bits per heavy atom. The molecule has 0 saturated carbocycles. The van der Waals surface area contributed by atoms with Crippen LogP contribution >= 0.6 is 0 Å². The van der Waals surface area contributed by atoms with Crippen LogP contribution in [0.1, 0.15) is 13.8 Å². The standard InChI is InChI=1S/C22H21F5N4O2/c1-12(2)19(11-32)30-21-29-17(13-4-3-5-15(8-13)33-22(25,26)27)10-20(31-21)28-18-9-14(23)6-7-16(18)24/h3-10,12,19,32H,11H2,1-2H3,(H2,28,29,30,31)/t19-/m0/s1. The number of anilines is 3. The summed E-state index contributed by atoms with van der Waals surface area (Å²) in [4.78, 5) is 8.55. The average molecular weight is 468 g/mol. The van der Waals surface area contributed by atoms with E-state index in [4.69, 9.17) is 0 Å². The average Bonchev–Trinajstić information content (AvgIpc) is 2.73. The van der Waals surface area contributed by atoms with Gasteiger partial charge in [-0.05, 0) is 30.2 Å². The van der Waals surface area contributed by atoms with Gasteiger partial charge in [0.2, 0.25) is 5.95 Å². The highest BCUT2D eigenvalue weighted by molar-refractivity contribution is 5.68. The molecule has 0 spiro atoms. The van der Waals surface area contributed by atoms with Crippen molar-refractivity contribution in [3.8, 4) is 17.0 Å². The summed E-state index contributed by atoms with van der Waals surface area (Å²) in [6.45, 7) is 3.48. The minimum Gasteiger partial charge on any atom is -0.406 e. The molecule has 0 fully saturated rings. The van der Waals surface area contributed by atoms with Crippen LogP contribution in [0, 0.1) is 17.6 Å². The van der Waals surface area contributed by atoms with Gasteiger partial charge in [0.1, 0.15) is 23.2 Å². The van der Waals surface area contributed by atoms with Crippen molar-refractivity contribution in [1.82, 2.24) is 9.97 Å². The van der Waals surface area contributed by atoms with Crippen LogP contribution in [0.25, 0.3) is 11.3 Å². The molecule has 0 amide bonds. The minimum absolute atomic E-state index is 0.0113. The van der Waals surface area contributed by atoms with Gasteiger partial charge < -0.3 is 20.5 Å². The topological polar surface area (TPSA) is 79.3 Å². The van der Waals surface area contributed by atoms with Crippen LogP contribution in [0.15, 0.2) is 48.5 Å². The predicted octanol–water partition coefficient (Wildman–Crippen LogP) is 5.49. The SMILES string of the molecule is CC(C)[C@H](CO)Nc1nc(Nc2cc(F)ccc2F)cc(-c2cccc(OC(F)(F)F)c2)n1. The van der Waals surface area contributed by atoms with Gasteiger partial charge in [0.15, 0.2) is 0 Å². The molecule has 3 rings (SSSR count). The molecule has 1 heterocycles. The molecule has 0 saturated heterocycles. The van der Waals surface area contributed by atoms with Gasteiger partial charge >= 0.3 is 6.36 Å². The number of ether oxygens (including phenoxy) is 1. The van der Waals surface area contributed by atoms with Crippen LogP contribution in [-0.2, 0) is 0 Å². The molecule has 3 aromatic rings. The predicted molar refractivity (Wildman–Crippen MR) is 113 cm³/mol. The number of nitrogens with zero attached hydrogens (tertiary/aromatic N) is 2. The number of nitrogens with one attached hydrogen (secondary N) is 2. The molecule has 1 atom stereocenters. The summed E-state index contributed by atoms with van der Waals surface area (Å²) < 4.78 is 69.5. The van der Waals surface area contributed by atoms with E-state index >= 15 is 0 Å². The second kappa shape index (κ2) is 9.99. The van der Waals surface area contributed by atoms with Crippen LogP contribution in [0.5, 0.6) is 5.75 Å². The van der Waals surface area contributed by atoms with E-state index < -0.39 is 29.8 Å². The number of alkyl halides is 3. The summed E-state index contributed by atoms with van der Waals surface area (Å²) >= 11 is 0. The van der Waals surface area contributed by atoms with E-state index in [1.807, 2.05) is 13.8 Å². The van der Waals surface area contributed by atoms with Crippen molar-refractivity contribution in [2.45, 2.75) is 26.3 Å². The molecular formula is C22H21F5N4O2. The molecule has 0 aliphatic rings. The molecule has 6 nitrogen and oxygen atoms in total. The lowest BCUT2D eigenvalue weighted by molar-refractivity contribution is -0.274. The number of hydrogen-bond donors (Lipinski definition) is 3. The van der Waals surface area contributed by atoms with Gasteiger partial charge in [0.25, 0.3) is 0 Å². The van der Waals surface area contributed by atoms with E-state index in [1.54, 1.807) is 0 Å². The zero-order valence-corrected chi connectivity index (χ0v) is 17.6. The van der Waals surface area contributed by atoms with Gasteiger partial charge in [0.05, 0.1) is 24.0 Å². The summed E-state index contributed by atoms with van der Waals surface area (Å²) in [5, 5.41) is 15.2. The number of aliphatic hydroxyl groups excluding tert-OH is 1. The lowest BCUT2D eigenvalue weighted by Crippen LogP contribution is -2.30. The Balaban J connectivity index is 2.03. The van der Waals surface area contributed by atoms with Gasteiger partial charge in [-0.25, -0.2) is 13.8 Å². The summed E-state index contributed by atoms with van der Waals surface area (Å²) in [6, 6.07) is 8.91. The first-order valence-electron chi connectivity index (χ1n) is 9.89. The fourth-order valence-electron chi connectivity index (χ4n) is 2.90. The Labute approximate surface area is 186 Å². The maximum atomic E-state index is 14.1. The Kier molecular flexibility index (Phi) is 7.32. The largest absolute Gasteiger partial charge is 0.573 e. The van der Waals surface area contributed by atoms with Crippen LogP contribution in [0.4, 0.5) is 39.4 Å². The molecule has 0 radical (unpaired) electrons. The molecule has 1 aromatic heterocycles. The van der Waals surface area contributed by atoms with E-state index in [1.165, 1.54) is 18.2 Å². The third kappa shape index (κ3) is 6.75. The minimum atomic E-state index is -4.87. The third-order valence-electron chi connectivity index (χ3n) is 4.60. The fraction of sp³-hybridized carbons (Fsp3) is 0.273. The van der Waals surface area contributed by atoms with Gasteiger partial charge in [0, 0.05) is 17.7 Å². The zero-order chi connectivity index (χ0) is 24.2. The van der Waals surface area contributed by atoms with E-state index in [-0.39, 0.29) is 41.2 Å². The number of aromatic nitrogens is 2. The Morgan fingerprint density at radius 1 is 1.03 bits per heavy atom. The number of halogens is 5. The molecule has 176 valence electrons. The normalized spacial score (nSPS) is 12.5. The number of hydrogen-bond acceptors (Lipinski definition) is 6. The maximum Gasteiger partial charge on any atom is 0.573 e. The first kappa shape index (κ1) is 24.2. The number of aliphatic hydroxyl groups is 1. The summed E-state index contributed by atoms with van der Waals surface area (Å²) in [6.07, 6.45) is -4.87. The van der Waals surface area contributed by atoms with Crippen molar-refractivity contribution >= 4 is 17.5 Å². The summed E-state index contributed by atoms with van der Waals surface area (Å²) in [7, 11) is 0. The number of benzene rings is 2. The lowest BCUT2D eigenvalue weighted by Gasteiger charge is -2.21. The second-order valence-electron chi connectivity index (χ2n) is 7.46. The molecule has 0 bridgehead atoms. The number of rotatable bonds is 8. The highest BCUT2D eigenvalue weighted by atomic mass is 19.4. The molecule has 3 N–H and O–H groups in total. The van der Waals surface area contributed by atoms with Crippen molar-refractivity contribution in [1.29, 1.82) is 0 Å². The monoisotopic (exact) mass is 468 g/mol. The van der Waals surface area contributed by atoms with Gasteiger partial charge in [-0.2, -0.15) is 4.98 Å². The van der Waals surface area contributed by atoms with Gasteiger partial charge in [-0.15, -0.1) is 13.2 Å². The molecule has 0 aliphatic carbocycles. The van der Waals surface area contributed by atoms with Crippen LogP contribution in [0.2, 0.25) is 0 Å². The van der Waals surface area contributed by atoms with Gasteiger partial charge in [-0.1, -0.05) is 26.0 Å². The molecule has 0 aliphatic heterocycles. The highest BCUT2D eigenvalue weighted by Crippen LogP contribution is 2.30. The molecule has 33 heavy (non-hydrogen) atoms. The Hall–Kier alpha value is -3.47. The van der Waals surface area contributed by atoms with Crippen molar-refractivity contribution in [2.24, 2.45) is 5.92 Å². The zero-order valence-electron chi connectivity index (χ0n) is 17.6. The van der Waals surface area contributed by atoms with E-state index in [0.717, 1.165) is 30.3 Å². The van der Waals surface area contributed by atoms with Crippen LogP contribution in [0.3, 0.4) is 0 Å². The molecule has 11 heteroatoms. The fourth-order valence-corrected chi connectivity index (χ4v) is 2.90. The molecular weight excluding hydrogens is 447 g/mol. The first-order chi connectivity index (χ1) is 15.5. The molecule has 0 unspecified atom stereocenters. The lowest BCUT2D eigenvalue weighted by atomic mass is 10.1. The van der Waals surface area contributed by atoms with Crippen molar-refractivity contribution < 1.29 is 31.8 Å². The summed E-state index contributed by atoms with van der Waals surface area (Å²) in [5.74, 6) is -1.79. The third-order valence-corrected chi connectivity index (χ3v) is 4.60. The molecule has 2 aromatic carbocycles. The van der Waals surface area contributed by atoms with E-state index in [0.29, 0.717) is 0 Å². The first-order valence-corrected chi connectivity index (χ1v) is 9.89. The second-order valence-corrected chi connectivity index (χ2v) is 7.46. The van der Waals surface area contributed by atoms with Gasteiger partial charge in [-0.3, -0.25) is 0 Å². The van der Waals surface area contributed by atoms with Crippen LogP contribution in [-0.4, -0.2) is 34.1 Å². The Morgan fingerprint density at radius 3 is 2.45 bits per heavy atom. The Bertz CT molecular complexity index is 1110. The van der Waals surface area contributed by atoms with Crippen LogP contribution < -0.4 is 15.4 Å². The van der Waals surface area contributed by atoms with Crippen molar-refractivity contribution in [3.63, 3.8) is 0 Å². The van der Waals surface area contributed by atoms with E-state index in [9.17, 15) is 27.1 Å². The quantitative estimate of drug-likeness (QED) is 0.380. The van der Waals surface area contributed by atoms with Crippen molar-refractivity contribution in [3.05, 3.63) is 60.2 Å². The van der Waals surface area contributed by atoms with E-state index in [2.05, 4.69) is 25.3 Å². The van der Waals surface area contributed by atoms with Crippen molar-refractivity contribution in [2.75, 3.05) is 17.2 Å². The highest BCUT2D eigenvalue weighted by Gasteiger charge is 2.31. The summed E-state index contributed by atoms with van der Waals surface area (Å²) in [5.41, 5.74) is 0.247.